The van der Waals surface area contributed by atoms with Crippen molar-refractivity contribution in [2.24, 2.45) is 0 Å². The molecule has 80 valence electrons. The number of ether oxygens (including phenoxy) is 1. The van der Waals surface area contributed by atoms with Crippen LogP contribution in [0.4, 0.5) is 0 Å². The number of hydrogen-bond acceptors (Lipinski definition) is 3. The van der Waals surface area contributed by atoms with Crippen molar-refractivity contribution in [1.82, 2.24) is 5.32 Å². The molecule has 3 heteroatoms. The van der Waals surface area contributed by atoms with Crippen molar-refractivity contribution >= 4 is 0 Å². The Hall–Kier alpha value is -0.800. The van der Waals surface area contributed by atoms with Crippen molar-refractivity contribution in [2.45, 2.75) is 40.0 Å². The standard InChI is InChI=1S/C11H19NO2/c1-8(2)13-7-11-5-10(6-12-4)9(3)14-11/h5,8,12H,6-7H2,1-4H3. The van der Waals surface area contributed by atoms with Gasteiger partial charge in [-0.2, -0.15) is 0 Å². The normalized spacial score (nSPS) is 11.2. The average molecular weight is 197 g/mol. The topological polar surface area (TPSA) is 34.4 Å². The Morgan fingerprint density at radius 1 is 1.50 bits per heavy atom. The van der Waals surface area contributed by atoms with E-state index in [9.17, 15) is 0 Å². The van der Waals surface area contributed by atoms with E-state index in [1.165, 1.54) is 5.56 Å². The van der Waals surface area contributed by atoms with E-state index in [1.54, 1.807) is 0 Å². The summed E-state index contributed by atoms with van der Waals surface area (Å²) >= 11 is 0. The molecule has 1 aromatic heterocycles. The Bertz CT molecular complexity index is 279. The molecule has 1 N–H and O–H groups in total. The quantitative estimate of drug-likeness (QED) is 0.786. The predicted molar refractivity (Wildman–Crippen MR) is 56.1 cm³/mol. The molecule has 0 aliphatic heterocycles. The first-order chi connectivity index (χ1) is 6.63. The molecule has 0 saturated carbocycles. The Labute approximate surface area is 85.4 Å². The molecule has 0 amide bonds. The zero-order valence-corrected chi connectivity index (χ0v) is 9.39. The summed E-state index contributed by atoms with van der Waals surface area (Å²) in [4.78, 5) is 0. The summed E-state index contributed by atoms with van der Waals surface area (Å²) in [6, 6.07) is 2.05. The van der Waals surface area contributed by atoms with Gasteiger partial charge in [-0.1, -0.05) is 0 Å². The van der Waals surface area contributed by atoms with Crippen LogP contribution in [0.25, 0.3) is 0 Å². The van der Waals surface area contributed by atoms with E-state index < -0.39 is 0 Å². The van der Waals surface area contributed by atoms with E-state index in [0.29, 0.717) is 6.61 Å². The summed E-state index contributed by atoms with van der Waals surface area (Å²) in [7, 11) is 1.93. The smallest absolute Gasteiger partial charge is 0.130 e. The van der Waals surface area contributed by atoms with Crippen LogP contribution in [0, 0.1) is 6.92 Å². The van der Waals surface area contributed by atoms with Crippen molar-refractivity contribution in [3.63, 3.8) is 0 Å². The fraction of sp³-hybridized carbons (Fsp3) is 0.636. The molecule has 0 aromatic carbocycles. The molecule has 0 atom stereocenters. The molecule has 0 bridgehead atoms. The van der Waals surface area contributed by atoms with Crippen molar-refractivity contribution in [3.8, 4) is 0 Å². The third-order valence-corrected chi connectivity index (χ3v) is 2.00. The SMILES string of the molecule is CNCc1cc(COC(C)C)oc1C. The van der Waals surface area contributed by atoms with E-state index >= 15 is 0 Å². The van der Waals surface area contributed by atoms with Crippen LogP contribution in [0.2, 0.25) is 0 Å². The van der Waals surface area contributed by atoms with Crippen LogP contribution in [0.3, 0.4) is 0 Å². The first-order valence-electron chi connectivity index (χ1n) is 4.98. The van der Waals surface area contributed by atoms with Gasteiger partial charge in [-0.15, -0.1) is 0 Å². The van der Waals surface area contributed by atoms with Crippen molar-refractivity contribution in [3.05, 3.63) is 23.2 Å². The van der Waals surface area contributed by atoms with E-state index in [-0.39, 0.29) is 6.10 Å². The zero-order valence-electron chi connectivity index (χ0n) is 9.39. The van der Waals surface area contributed by atoms with Gasteiger partial charge in [0.15, 0.2) is 0 Å². The minimum atomic E-state index is 0.244. The predicted octanol–water partition coefficient (Wildman–Crippen LogP) is 2.23. The molecule has 0 saturated heterocycles. The maximum absolute atomic E-state index is 5.55. The highest BCUT2D eigenvalue weighted by atomic mass is 16.5. The Morgan fingerprint density at radius 3 is 2.79 bits per heavy atom. The average Bonchev–Trinajstić information content (AvgIpc) is 2.45. The minimum absolute atomic E-state index is 0.244. The number of nitrogens with one attached hydrogen (secondary N) is 1. The summed E-state index contributed by atoms with van der Waals surface area (Å²) in [5.74, 6) is 1.88. The second kappa shape index (κ2) is 5.17. The van der Waals surface area contributed by atoms with Gasteiger partial charge < -0.3 is 14.5 Å². The van der Waals surface area contributed by atoms with Gasteiger partial charge >= 0.3 is 0 Å². The second-order valence-electron chi connectivity index (χ2n) is 3.68. The zero-order chi connectivity index (χ0) is 10.6. The van der Waals surface area contributed by atoms with E-state index in [4.69, 9.17) is 9.15 Å². The van der Waals surface area contributed by atoms with Gasteiger partial charge in [0.1, 0.15) is 18.1 Å². The van der Waals surface area contributed by atoms with Crippen LogP contribution in [-0.4, -0.2) is 13.2 Å². The molecular formula is C11H19NO2. The summed E-state index contributed by atoms with van der Waals surface area (Å²) in [6.45, 7) is 7.42. The third-order valence-electron chi connectivity index (χ3n) is 2.00. The Morgan fingerprint density at radius 2 is 2.21 bits per heavy atom. The van der Waals surface area contributed by atoms with E-state index in [0.717, 1.165) is 18.1 Å². The van der Waals surface area contributed by atoms with Crippen LogP contribution in [0.1, 0.15) is 30.9 Å². The van der Waals surface area contributed by atoms with Gasteiger partial charge in [-0.25, -0.2) is 0 Å². The maximum atomic E-state index is 5.55. The van der Waals surface area contributed by atoms with Gasteiger partial charge in [0, 0.05) is 12.1 Å². The first kappa shape index (κ1) is 11.3. The van der Waals surface area contributed by atoms with Crippen LogP contribution < -0.4 is 5.32 Å². The fourth-order valence-electron chi connectivity index (χ4n) is 1.27. The summed E-state index contributed by atoms with van der Waals surface area (Å²) in [5.41, 5.74) is 1.20. The van der Waals surface area contributed by atoms with Crippen molar-refractivity contribution < 1.29 is 9.15 Å². The molecule has 14 heavy (non-hydrogen) atoms. The lowest BCUT2D eigenvalue weighted by Gasteiger charge is -2.03. The van der Waals surface area contributed by atoms with Crippen molar-refractivity contribution in [2.75, 3.05) is 7.05 Å². The maximum Gasteiger partial charge on any atom is 0.130 e. The molecule has 1 heterocycles. The first-order valence-corrected chi connectivity index (χ1v) is 4.98. The van der Waals surface area contributed by atoms with Gasteiger partial charge in [0.25, 0.3) is 0 Å². The molecule has 0 aliphatic carbocycles. The van der Waals surface area contributed by atoms with Gasteiger partial charge in [-0.05, 0) is 33.9 Å². The number of furan rings is 1. The van der Waals surface area contributed by atoms with Crippen LogP contribution in [0.5, 0.6) is 0 Å². The molecule has 0 fully saturated rings. The van der Waals surface area contributed by atoms with Crippen LogP contribution in [0.15, 0.2) is 10.5 Å². The summed E-state index contributed by atoms with van der Waals surface area (Å²) in [6.07, 6.45) is 0.244. The molecular weight excluding hydrogens is 178 g/mol. The summed E-state index contributed by atoms with van der Waals surface area (Å²) < 4.78 is 11.0. The van der Waals surface area contributed by atoms with Crippen LogP contribution in [-0.2, 0) is 17.9 Å². The third kappa shape index (κ3) is 3.16. The Balaban J connectivity index is 2.56. The molecule has 0 radical (unpaired) electrons. The highest BCUT2D eigenvalue weighted by molar-refractivity contribution is 5.20. The number of rotatable bonds is 5. The lowest BCUT2D eigenvalue weighted by Crippen LogP contribution is -2.04. The van der Waals surface area contributed by atoms with Gasteiger partial charge in [0.2, 0.25) is 0 Å². The lowest BCUT2D eigenvalue weighted by molar-refractivity contribution is 0.0541. The van der Waals surface area contributed by atoms with Gasteiger partial charge in [0.05, 0.1) is 6.10 Å². The number of hydrogen-bond donors (Lipinski definition) is 1. The molecule has 0 unspecified atom stereocenters. The van der Waals surface area contributed by atoms with Crippen molar-refractivity contribution in [1.29, 1.82) is 0 Å². The molecule has 3 nitrogen and oxygen atoms in total. The summed E-state index contributed by atoms with van der Waals surface area (Å²) in [5, 5.41) is 3.10. The van der Waals surface area contributed by atoms with E-state index in [1.807, 2.05) is 33.9 Å². The van der Waals surface area contributed by atoms with Crippen LogP contribution >= 0.6 is 0 Å². The lowest BCUT2D eigenvalue weighted by atomic mass is 10.2. The second-order valence-corrected chi connectivity index (χ2v) is 3.68. The molecule has 1 rings (SSSR count). The molecule has 1 aromatic rings. The monoisotopic (exact) mass is 197 g/mol. The molecule has 0 aliphatic rings. The van der Waals surface area contributed by atoms with E-state index in [2.05, 4.69) is 5.32 Å². The fourth-order valence-corrected chi connectivity index (χ4v) is 1.27. The van der Waals surface area contributed by atoms with Gasteiger partial charge in [-0.3, -0.25) is 0 Å². The Kier molecular flexibility index (Phi) is 4.17. The highest BCUT2D eigenvalue weighted by Gasteiger charge is 2.06. The largest absolute Gasteiger partial charge is 0.464 e. The molecule has 0 spiro atoms. The number of aryl methyl sites for hydroxylation is 1. The highest BCUT2D eigenvalue weighted by Crippen LogP contribution is 2.15. The minimum Gasteiger partial charge on any atom is -0.464 e.